The highest BCUT2D eigenvalue weighted by molar-refractivity contribution is 7.62. The van der Waals surface area contributed by atoms with Crippen LogP contribution in [-0.4, -0.2) is 25.2 Å². The van der Waals surface area contributed by atoms with E-state index in [1.165, 1.54) is 11.1 Å². The van der Waals surface area contributed by atoms with Crippen LogP contribution in [0.3, 0.4) is 0 Å². The lowest BCUT2D eigenvalue weighted by Gasteiger charge is -2.26. The molecule has 1 heterocycles. The second-order valence-electron chi connectivity index (χ2n) is 6.22. The number of nitrogens with one attached hydrogen (secondary N) is 1. The maximum absolute atomic E-state index is 12.6. The molecule has 0 spiro atoms. The van der Waals surface area contributed by atoms with E-state index < -0.39 is 7.14 Å². The van der Waals surface area contributed by atoms with Crippen molar-refractivity contribution in [2.45, 2.75) is 37.4 Å². The maximum atomic E-state index is 12.6. The first-order valence-electron chi connectivity index (χ1n) is 6.39. The molecule has 0 saturated carbocycles. The van der Waals surface area contributed by atoms with Crippen LogP contribution in [0, 0.1) is 0 Å². The Morgan fingerprint density at radius 1 is 1.22 bits per heavy atom. The zero-order valence-corrected chi connectivity index (χ0v) is 12.2. The fraction of sp³-hybridized carbons (Fsp3) is 0.571. The molecule has 0 radical (unpaired) electrons. The molecular formula is C14H20NO2P. The van der Waals surface area contributed by atoms with E-state index in [1.807, 2.05) is 39.3 Å². The molecule has 4 heteroatoms. The number of hydrogen-bond donors (Lipinski definition) is 1. The van der Waals surface area contributed by atoms with Gasteiger partial charge in [-0.1, -0.05) is 24.3 Å². The highest BCUT2D eigenvalue weighted by atomic mass is 31.2. The van der Waals surface area contributed by atoms with Gasteiger partial charge >= 0.3 is 0 Å². The second kappa shape index (κ2) is 3.69. The van der Waals surface area contributed by atoms with E-state index in [4.69, 9.17) is 4.74 Å². The topological polar surface area (TPSA) is 38.3 Å². The SMILES string of the molecule is CC1(C)N[C@H]2c3ccccc3C(P(C)(C)=O)[C@H]2O1. The molecular weight excluding hydrogens is 245 g/mol. The molecule has 98 valence electrons. The molecule has 1 fully saturated rings. The van der Waals surface area contributed by atoms with Crippen LogP contribution in [0.1, 0.15) is 36.7 Å². The van der Waals surface area contributed by atoms with Gasteiger partial charge in [-0.2, -0.15) is 0 Å². The minimum absolute atomic E-state index is 0.00164. The fourth-order valence-electron chi connectivity index (χ4n) is 3.33. The summed E-state index contributed by atoms with van der Waals surface area (Å²) in [6.07, 6.45) is -0.00164. The van der Waals surface area contributed by atoms with E-state index in [9.17, 15) is 4.57 Å². The smallest absolute Gasteiger partial charge is 0.114 e. The van der Waals surface area contributed by atoms with Gasteiger partial charge in [0.25, 0.3) is 0 Å². The summed E-state index contributed by atoms with van der Waals surface area (Å²) < 4.78 is 18.7. The summed E-state index contributed by atoms with van der Waals surface area (Å²) in [6.45, 7) is 7.79. The summed E-state index contributed by atoms with van der Waals surface area (Å²) in [6, 6.07) is 8.46. The van der Waals surface area contributed by atoms with E-state index in [0.717, 1.165) is 0 Å². The Balaban J connectivity index is 2.13. The van der Waals surface area contributed by atoms with Crippen molar-refractivity contribution < 1.29 is 9.30 Å². The highest BCUT2D eigenvalue weighted by Crippen LogP contribution is 2.63. The molecule has 1 aromatic carbocycles. The summed E-state index contributed by atoms with van der Waals surface area (Å²) in [5.41, 5.74) is 2.13. The largest absolute Gasteiger partial charge is 0.355 e. The van der Waals surface area contributed by atoms with Gasteiger partial charge in [-0.3, -0.25) is 5.32 Å². The Labute approximate surface area is 108 Å². The molecule has 0 amide bonds. The Bertz CT molecular complexity index is 534. The van der Waals surface area contributed by atoms with Gasteiger partial charge in [0.2, 0.25) is 0 Å². The van der Waals surface area contributed by atoms with Crippen LogP contribution in [-0.2, 0) is 9.30 Å². The number of hydrogen-bond acceptors (Lipinski definition) is 3. The van der Waals surface area contributed by atoms with Crippen molar-refractivity contribution in [1.82, 2.24) is 5.32 Å². The first-order valence-corrected chi connectivity index (χ1v) is 9.06. The van der Waals surface area contributed by atoms with E-state index in [2.05, 4.69) is 17.4 Å². The fourth-order valence-corrected chi connectivity index (χ4v) is 5.18. The number of benzene rings is 1. The molecule has 1 unspecified atom stereocenters. The van der Waals surface area contributed by atoms with E-state index in [1.54, 1.807) is 0 Å². The Morgan fingerprint density at radius 3 is 2.44 bits per heavy atom. The summed E-state index contributed by atoms with van der Waals surface area (Å²) in [4.78, 5) is 0. The van der Waals surface area contributed by atoms with Gasteiger partial charge in [0.05, 0.1) is 24.9 Å². The van der Waals surface area contributed by atoms with E-state index in [-0.39, 0.29) is 23.5 Å². The molecule has 3 atom stereocenters. The molecule has 0 aromatic heterocycles. The standard InChI is InChI=1S/C14H20NO2P/c1-14(2)15-11-9-7-5-6-8-10(9)13(12(11)17-14)18(3,4)16/h5-8,11-13,15H,1-4H3/t11-,12-,13?/m0/s1. The van der Waals surface area contributed by atoms with Crippen LogP contribution in [0.4, 0.5) is 0 Å². The minimum atomic E-state index is -2.24. The number of fused-ring (bicyclic) bond motifs is 3. The summed E-state index contributed by atoms with van der Waals surface area (Å²) in [5.74, 6) is 0. The van der Waals surface area contributed by atoms with E-state index in [0.29, 0.717) is 0 Å². The molecule has 18 heavy (non-hydrogen) atoms. The lowest BCUT2D eigenvalue weighted by atomic mass is 10.1. The van der Waals surface area contributed by atoms with E-state index >= 15 is 0 Å². The third kappa shape index (κ3) is 1.77. The predicted molar refractivity (Wildman–Crippen MR) is 73.5 cm³/mol. The van der Waals surface area contributed by atoms with Crippen LogP contribution >= 0.6 is 7.14 Å². The van der Waals surface area contributed by atoms with Crippen LogP contribution in [0.25, 0.3) is 0 Å². The summed E-state index contributed by atoms with van der Waals surface area (Å²) in [7, 11) is -2.24. The molecule has 2 aliphatic rings. The van der Waals surface area contributed by atoms with Gasteiger partial charge in [-0.15, -0.1) is 0 Å². The van der Waals surface area contributed by atoms with Crippen molar-refractivity contribution in [1.29, 1.82) is 0 Å². The second-order valence-corrected chi connectivity index (χ2v) is 9.65. The average Bonchev–Trinajstić information content (AvgIpc) is 2.66. The van der Waals surface area contributed by atoms with Crippen molar-refractivity contribution in [3.8, 4) is 0 Å². The van der Waals surface area contributed by atoms with Crippen molar-refractivity contribution in [2.24, 2.45) is 0 Å². The zero-order valence-electron chi connectivity index (χ0n) is 11.3. The van der Waals surface area contributed by atoms with Gasteiger partial charge in [0.1, 0.15) is 5.72 Å². The monoisotopic (exact) mass is 265 g/mol. The first kappa shape index (κ1) is 12.4. The van der Waals surface area contributed by atoms with Crippen molar-refractivity contribution in [3.05, 3.63) is 35.4 Å². The molecule has 0 bridgehead atoms. The van der Waals surface area contributed by atoms with Crippen LogP contribution in [0.15, 0.2) is 24.3 Å². The van der Waals surface area contributed by atoms with Crippen LogP contribution in [0.2, 0.25) is 0 Å². The zero-order chi connectivity index (χ0) is 13.1. The Kier molecular flexibility index (Phi) is 2.54. The normalized spacial score (nSPS) is 33.2. The number of rotatable bonds is 1. The van der Waals surface area contributed by atoms with Crippen LogP contribution in [0.5, 0.6) is 0 Å². The number of ether oxygens (including phenoxy) is 1. The van der Waals surface area contributed by atoms with Gasteiger partial charge in [-0.25, -0.2) is 0 Å². The quantitative estimate of drug-likeness (QED) is 0.793. The lowest BCUT2D eigenvalue weighted by molar-refractivity contribution is -0.0248. The molecule has 3 rings (SSSR count). The minimum Gasteiger partial charge on any atom is -0.355 e. The average molecular weight is 265 g/mol. The van der Waals surface area contributed by atoms with Crippen molar-refractivity contribution in [2.75, 3.05) is 13.3 Å². The third-order valence-electron chi connectivity index (χ3n) is 3.89. The van der Waals surface area contributed by atoms with Gasteiger partial charge in [0, 0.05) is 0 Å². The Hall–Kier alpha value is -0.630. The summed E-state index contributed by atoms with van der Waals surface area (Å²) in [5, 5.41) is 3.51. The van der Waals surface area contributed by atoms with Crippen molar-refractivity contribution >= 4 is 7.14 Å². The molecule has 1 aromatic rings. The lowest BCUT2D eigenvalue weighted by Crippen LogP contribution is -2.35. The third-order valence-corrected chi connectivity index (χ3v) is 5.80. The summed E-state index contributed by atoms with van der Waals surface area (Å²) >= 11 is 0. The highest BCUT2D eigenvalue weighted by Gasteiger charge is 2.53. The maximum Gasteiger partial charge on any atom is 0.114 e. The van der Waals surface area contributed by atoms with Crippen LogP contribution < -0.4 is 5.32 Å². The molecule has 1 N–H and O–H groups in total. The van der Waals surface area contributed by atoms with Gasteiger partial charge in [-0.05, 0) is 38.3 Å². The molecule has 3 nitrogen and oxygen atoms in total. The van der Waals surface area contributed by atoms with Gasteiger partial charge < -0.3 is 9.30 Å². The van der Waals surface area contributed by atoms with Gasteiger partial charge in [0.15, 0.2) is 0 Å². The first-order chi connectivity index (χ1) is 8.30. The van der Waals surface area contributed by atoms with Crippen molar-refractivity contribution in [3.63, 3.8) is 0 Å². The Morgan fingerprint density at radius 2 is 1.83 bits per heavy atom. The molecule has 1 aliphatic heterocycles. The molecule has 1 saturated heterocycles. The predicted octanol–water partition coefficient (Wildman–Crippen LogP) is 3.13. The molecule has 1 aliphatic carbocycles.